The maximum Gasteiger partial charge on any atom is 0.0638 e. The second kappa shape index (κ2) is 7.90. The number of aryl methyl sites for hydroxylation is 1. The fourth-order valence-corrected chi connectivity index (χ4v) is 4.06. The monoisotopic (exact) mass is 357 g/mol. The predicted molar refractivity (Wildman–Crippen MR) is 102 cm³/mol. The Hall–Kier alpha value is -1.70. The lowest BCUT2D eigenvalue weighted by Crippen LogP contribution is -2.46. The number of hydrogen-bond donors (Lipinski definition) is 1. The molecular weight excluding hydrogens is 326 g/mol. The topological polar surface area (TPSA) is 56.2 Å². The first-order chi connectivity index (χ1) is 12.7. The smallest absolute Gasteiger partial charge is 0.0638 e. The highest BCUT2D eigenvalue weighted by molar-refractivity contribution is 5.21. The molecule has 0 bridgehead atoms. The number of aromatic nitrogens is 4. The van der Waals surface area contributed by atoms with Crippen molar-refractivity contribution >= 4 is 0 Å². The van der Waals surface area contributed by atoms with Gasteiger partial charge in [0.15, 0.2) is 0 Å². The largest absolute Gasteiger partial charge is 0.301 e. The number of hydrogen-bond acceptors (Lipinski definition) is 5. The quantitative estimate of drug-likeness (QED) is 0.839. The third-order valence-corrected chi connectivity index (χ3v) is 5.88. The van der Waals surface area contributed by atoms with E-state index >= 15 is 0 Å². The van der Waals surface area contributed by atoms with Gasteiger partial charge < -0.3 is 4.90 Å². The molecule has 0 radical (unpaired) electrons. The van der Waals surface area contributed by atoms with Crippen LogP contribution in [0.15, 0.2) is 12.4 Å². The van der Waals surface area contributed by atoms with Crippen LogP contribution in [0.5, 0.6) is 0 Å². The van der Waals surface area contributed by atoms with Crippen molar-refractivity contribution in [3.05, 3.63) is 34.9 Å². The van der Waals surface area contributed by atoms with Crippen LogP contribution in [0.2, 0.25) is 0 Å². The number of nitrogens with one attached hydrogen (secondary N) is 1. The lowest BCUT2D eigenvalue weighted by molar-refractivity contribution is 0.133. The van der Waals surface area contributed by atoms with Crippen LogP contribution in [0.1, 0.15) is 29.4 Å². The van der Waals surface area contributed by atoms with Crippen LogP contribution in [0.3, 0.4) is 0 Å². The van der Waals surface area contributed by atoms with Gasteiger partial charge in [0.05, 0.1) is 18.4 Å². The lowest BCUT2D eigenvalue weighted by Gasteiger charge is -2.33. The van der Waals surface area contributed by atoms with Crippen molar-refractivity contribution in [1.29, 1.82) is 0 Å². The Bertz CT molecular complexity index is 711. The molecule has 4 rings (SSSR count). The molecule has 2 aliphatic rings. The molecule has 142 valence electrons. The van der Waals surface area contributed by atoms with Crippen LogP contribution < -0.4 is 0 Å². The Kier molecular flexibility index (Phi) is 5.38. The first kappa shape index (κ1) is 17.7. The zero-order valence-corrected chi connectivity index (χ0v) is 16.1. The van der Waals surface area contributed by atoms with Crippen LogP contribution in [0.4, 0.5) is 0 Å². The molecule has 2 aliphatic heterocycles. The molecule has 2 aromatic rings. The number of rotatable bonds is 6. The predicted octanol–water partition coefficient (Wildman–Crippen LogP) is 1.11. The molecule has 0 aromatic carbocycles. The van der Waals surface area contributed by atoms with Gasteiger partial charge in [0.25, 0.3) is 0 Å². The average molecular weight is 358 g/mol. The third kappa shape index (κ3) is 4.00. The summed E-state index contributed by atoms with van der Waals surface area (Å²) < 4.78 is 2.14. The SMILES string of the molecule is CCN1CCN(CCn2cc(CN3CCc4[nH]ncc4C3)c(C)n2)CC1. The van der Waals surface area contributed by atoms with Crippen LogP contribution >= 0.6 is 0 Å². The summed E-state index contributed by atoms with van der Waals surface area (Å²) in [5.74, 6) is 0. The van der Waals surface area contributed by atoms with Crippen molar-refractivity contribution in [3.8, 4) is 0 Å². The van der Waals surface area contributed by atoms with E-state index in [9.17, 15) is 0 Å². The molecule has 4 heterocycles. The van der Waals surface area contributed by atoms with E-state index in [0.29, 0.717) is 0 Å². The van der Waals surface area contributed by atoms with Crippen molar-refractivity contribution in [1.82, 2.24) is 34.7 Å². The van der Waals surface area contributed by atoms with Crippen LogP contribution in [0, 0.1) is 6.92 Å². The minimum Gasteiger partial charge on any atom is -0.301 e. The van der Waals surface area contributed by atoms with E-state index in [-0.39, 0.29) is 0 Å². The Labute approximate surface area is 156 Å². The van der Waals surface area contributed by atoms with Crippen LogP contribution in [-0.4, -0.2) is 80.5 Å². The van der Waals surface area contributed by atoms with Crippen molar-refractivity contribution in [3.63, 3.8) is 0 Å². The average Bonchev–Trinajstić information content (AvgIpc) is 3.27. The van der Waals surface area contributed by atoms with E-state index in [0.717, 1.165) is 39.1 Å². The van der Waals surface area contributed by atoms with E-state index in [1.807, 2.05) is 6.20 Å². The van der Waals surface area contributed by atoms with Gasteiger partial charge in [-0.15, -0.1) is 0 Å². The molecule has 0 atom stereocenters. The van der Waals surface area contributed by atoms with E-state index in [2.05, 4.69) is 49.6 Å². The molecule has 0 saturated carbocycles. The zero-order chi connectivity index (χ0) is 17.9. The standard InChI is InChI=1S/C19H31N7/c1-3-23-6-8-24(9-7-23)10-11-26-15-18(16(2)22-26)14-25-5-4-19-17(13-25)12-20-21-19/h12,15H,3-11,13-14H2,1-2H3,(H,20,21). The van der Waals surface area contributed by atoms with Crippen molar-refractivity contribution < 1.29 is 0 Å². The number of piperazine rings is 1. The van der Waals surface area contributed by atoms with Gasteiger partial charge in [-0.25, -0.2) is 0 Å². The zero-order valence-electron chi connectivity index (χ0n) is 16.1. The minimum absolute atomic E-state index is 0.978. The summed E-state index contributed by atoms with van der Waals surface area (Å²) >= 11 is 0. The molecule has 0 aliphatic carbocycles. The number of nitrogens with zero attached hydrogens (tertiary/aromatic N) is 6. The van der Waals surface area contributed by atoms with Gasteiger partial charge in [0.1, 0.15) is 0 Å². The first-order valence-electron chi connectivity index (χ1n) is 9.92. The molecule has 26 heavy (non-hydrogen) atoms. The van der Waals surface area contributed by atoms with Gasteiger partial charge in [-0.1, -0.05) is 6.92 Å². The van der Waals surface area contributed by atoms with Gasteiger partial charge in [-0.3, -0.25) is 19.6 Å². The van der Waals surface area contributed by atoms with Gasteiger partial charge in [0.2, 0.25) is 0 Å². The Morgan fingerprint density at radius 1 is 1.04 bits per heavy atom. The van der Waals surface area contributed by atoms with Gasteiger partial charge in [0, 0.05) is 81.8 Å². The van der Waals surface area contributed by atoms with Crippen molar-refractivity contribution in [2.45, 2.75) is 39.9 Å². The molecule has 1 fully saturated rings. The number of H-pyrrole nitrogens is 1. The van der Waals surface area contributed by atoms with E-state index in [1.54, 1.807) is 0 Å². The van der Waals surface area contributed by atoms with Crippen molar-refractivity contribution in [2.24, 2.45) is 0 Å². The summed E-state index contributed by atoms with van der Waals surface area (Å²) in [5, 5.41) is 12.0. The van der Waals surface area contributed by atoms with Crippen LogP contribution in [-0.2, 0) is 26.1 Å². The highest BCUT2D eigenvalue weighted by Crippen LogP contribution is 2.19. The molecule has 1 N–H and O–H groups in total. The first-order valence-corrected chi connectivity index (χ1v) is 9.92. The molecule has 1 saturated heterocycles. The number of aromatic amines is 1. The molecule has 7 heteroatoms. The van der Waals surface area contributed by atoms with E-state index in [4.69, 9.17) is 5.10 Å². The summed E-state index contributed by atoms with van der Waals surface area (Å²) in [4.78, 5) is 7.58. The molecule has 0 amide bonds. The van der Waals surface area contributed by atoms with Crippen molar-refractivity contribution in [2.75, 3.05) is 45.8 Å². The Morgan fingerprint density at radius 3 is 2.65 bits per heavy atom. The summed E-state index contributed by atoms with van der Waals surface area (Å²) in [7, 11) is 0. The van der Waals surface area contributed by atoms with Crippen LogP contribution in [0.25, 0.3) is 0 Å². The summed E-state index contributed by atoms with van der Waals surface area (Å²) in [6, 6.07) is 0. The second-order valence-corrected chi connectivity index (χ2v) is 7.61. The molecule has 2 aromatic heterocycles. The third-order valence-electron chi connectivity index (χ3n) is 5.88. The molecule has 7 nitrogen and oxygen atoms in total. The number of likely N-dealkylation sites (N-methyl/N-ethyl adjacent to an activating group) is 1. The Morgan fingerprint density at radius 2 is 1.85 bits per heavy atom. The molecular formula is C19H31N7. The second-order valence-electron chi connectivity index (χ2n) is 7.61. The summed E-state index contributed by atoms with van der Waals surface area (Å²) in [6.45, 7) is 15.5. The lowest BCUT2D eigenvalue weighted by atomic mass is 10.1. The fourth-order valence-electron chi connectivity index (χ4n) is 4.06. The fraction of sp³-hybridized carbons (Fsp3) is 0.684. The minimum atomic E-state index is 0.978. The van der Waals surface area contributed by atoms with E-state index in [1.165, 1.54) is 55.2 Å². The highest BCUT2D eigenvalue weighted by Gasteiger charge is 2.20. The maximum absolute atomic E-state index is 4.76. The normalized spacial score (nSPS) is 19.8. The Balaban J connectivity index is 1.29. The van der Waals surface area contributed by atoms with E-state index < -0.39 is 0 Å². The molecule has 0 spiro atoms. The summed E-state index contributed by atoms with van der Waals surface area (Å²) in [6.07, 6.45) is 5.28. The maximum atomic E-state index is 4.76. The van der Waals surface area contributed by atoms with Gasteiger partial charge in [-0.2, -0.15) is 10.2 Å². The highest BCUT2D eigenvalue weighted by atomic mass is 15.3. The molecule has 0 unspecified atom stereocenters. The van der Waals surface area contributed by atoms with Gasteiger partial charge >= 0.3 is 0 Å². The summed E-state index contributed by atoms with van der Waals surface area (Å²) in [5.41, 5.74) is 5.16. The van der Waals surface area contributed by atoms with Gasteiger partial charge in [-0.05, 0) is 13.5 Å². The number of fused-ring (bicyclic) bond motifs is 1.